The second-order valence-corrected chi connectivity index (χ2v) is 6.60. The Morgan fingerprint density at radius 2 is 2.08 bits per heavy atom. The van der Waals surface area contributed by atoms with Crippen LogP contribution in [0.25, 0.3) is 0 Å². The van der Waals surface area contributed by atoms with Crippen LogP contribution < -0.4 is 15.8 Å². The average Bonchev–Trinajstić information content (AvgIpc) is 2.82. The van der Waals surface area contributed by atoms with Gasteiger partial charge in [0.05, 0.1) is 13.1 Å². The van der Waals surface area contributed by atoms with E-state index in [2.05, 4.69) is 15.0 Å². The number of hydrogen-bond donors (Lipinski definition) is 2. The molecule has 1 unspecified atom stereocenters. The Hall–Kier alpha value is -2.22. The zero-order chi connectivity index (χ0) is 18.2. The van der Waals surface area contributed by atoms with Gasteiger partial charge in [0.15, 0.2) is 11.5 Å². The van der Waals surface area contributed by atoms with Crippen molar-refractivity contribution in [3.05, 3.63) is 29.3 Å². The van der Waals surface area contributed by atoms with E-state index in [1.807, 2.05) is 0 Å². The van der Waals surface area contributed by atoms with Crippen molar-refractivity contribution in [1.82, 2.24) is 4.90 Å². The minimum Gasteiger partial charge on any atom is -0.435 e. The number of likely N-dealkylation sites (N-methyl/N-ethyl adjacent to an activating group) is 1. The molecule has 4 N–H and O–H groups in total. The van der Waals surface area contributed by atoms with E-state index in [9.17, 15) is 13.6 Å². The zero-order valence-corrected chi connectivity index (χ0v) is 14.3. The van der Waals surface area contributed by atoms with Crippen LogP contribution in [0.3, 0.4) is 0 Å². The maximum atomic E-state index is 13.1. The van der Waals surface area contributed by atoms with Crippen LogP contribution in [0.15, 0.2) is 23.2 Å². The maximum Gasteiger partial charge on any atom is 0.387 e. The predicted molar refractivity (Wildman–Crippen MR) is 88.3 cm³/mol. The van der Waals surface area contributed by atoms with E-state index >= 15 is 0 Å². The van der Waals surface area contributed by atoms with E-state index in [1.165, 1.54) is 11.0 Å². The van der Waals surface area contributed by atoms with E-state index in [0.717, 1.165) is 25.9 Å². The van der Waals surface area contributed by atoms with Gasteiger partial charge in [-0.05, 0) is 30.2 Å². The van der Waals surface area contributed by atoms with Crippen LogP contribution in [0, 0.1) is 12.8 Å². The molecule has 1 fully saturated rings. The second kappa shape index (κ2) is 6.59. The lowest BCUT2D eigenvalue weighted by atomic mass is 9.73. The molecule has 136 valence electrons. The maximum absolute atomic E-state index is 13.1. The molecule has 1 saturated heterocycles. The molecule has 1 amide bonds. The number of aliphatic imine (C=N–C) groups is 1. The number of ether oxygens (including phenoxy) is 1. The van der Waals surface area contributed by atoms with Crippen molar-refractivity contribution in [3.8, 4) is 5.75 Å². The number of benzene rings is 1. The molecule has 8 heteroatoms. The molecule has 2 aliphatic rings. The zero-order valence-electron chi connectivity index (χ0n) is 14.3. The van der Waals surface area contributed by atoms with Gasteiger partial charge in [-0.25, -0.2) is 4.99 Å². The highest BCUT2D eigenvalue weighted by molar-refractivity contribution is 6.07. The molecule has 0 aliphatic carbocycles. The van der Waals surface area contributed by atoms with E-state index in [1.54, 1.807) is 26.1 Å². The number of carbonyl (C=O) groups excluding carboxylic acids is 1. The van der Waals surface area contributed by atoms with Gasteiger partial charge in [0, 0.05) is 25.8 Å². The van der Waals surface area contributed by atoms with Crippen LogP contribution in [0.5, 0.6) is 5.75 Å². The van der Waals surface area contributed by atoms with Crippen molar-refractivity contribution >= 4 is 11.9 Å². The molecule has 2 aliphatic heterocycles. The summed E-state index contributed by atoms with van der Waals surface area (Å²) in [4.78, 5) is 19.0. The van der Waals surface area contributed by atoms with E-state index < -0.39 is 12.2 Å². The van der Waals surface area contributed by atoms with Gasteiger partial charge >= 0.3 is 6.61 Å². The van der Waals surface area contributed by atoms with Gasteiger partial charge in [-0.3, -0.25) is 9.69 Å². The fraction of sp³-hybridized carbons (Fsp3) is 0.529. The van der Waals surface area contributed by atoms with Crippen molar-refractivity contribution in [2.24, 2.45) is 16.6 Å². The van der Waals surface area contributed by atoms with Crippen molar-refractivity contribution in [1.29, 1.82) is 0 Å². The monoisotopic (exact) mass is 353 g/mol. The largest absolute Gasteiger partial charge is 0.435 e. The first-order valence-corrected chi connectivity index (χ1v) is 8.37. The van der Waals surface area contributed by atoms with Crippen LogP contribution >= 0.6 is 0 Å². The van der Waals surface area contributed by atoms with Crippen molar-refractivity contribution < 1.29 is 23.6 Å². The first-order chi connectivity index (χ1) is 11.9. The third-order valence-corrected chi connectivity index (χ3v) is 5.13. The fourth-order valence-electron chi connectivity index (χ4n) is 3.81. The van der Waals surface area contributed by atoms with Gasteiger partial charge in [0.25, 0.3) is 5.91 Å². The molecule has 0 saturated carbocycles. The number of amides is 1. The van der Waals surface area contributed by atoms with Crippen LogP contribution in [0.4, 0.5) is 8.78 Å². The lowest BCUT2D eigenvalue weighted by Gasteiger charge is -2.35. The van der Waals surface area contributed by atoms with E-state index in [0.29, 0.717) is 11.1 Å². The summed E-state index contributed by atoms with van der Waals surface area (Å²) in [5, 5.41) is 2.21. The van der Waals surface area contributed by atoms with Gasteiger partial charge < -0.3 is 15.8 Å². The van der Waals surface area contributed by atoms with Crippen LogP contribution in [0.1, 0.15) is 24.0 Å². The molecule has 0 aromatic heterocycles. The summed E-state index contributed by atoms with van der Waals surface area (Å²) in [7, 11) is 1.61. The molecule has 0 radical (unpaired) electrons. The summed E-state index contributed by atoms with van der Waals surface area (Å²) in [5.41, 5.74) is 6.08. The van der Waals surface area contributed by atoms with E-state index in [-0.39, 0.29) is 23.5 Å². The lowest BCUT2D eigenvalue weighted by Crippen LogP contribution is -2.86. The summed E-state index contributed by atoms with van der Waals surface area (Å²) in [6.45, 7) is 0.634. The number of nitrogens with two attached hydrogens (primary N) is 2. The Morgan fingerprint density at radius 3 is 2.60 bits per heavy atom. The molecular formula is C17H23F2N4O2+. The number of rotatable bonds is 4. The SMILES string of the molecule is Cc1cc(C2(C3CC[NH2+]CC3)N=C(N)N(C)C2=O)ccc1OC(F)F. The highest BCUT2D eigenvalue weighted by Crippen LogP contribution is 2.43. The third kappa shape index (κ3) is 2.95. The number of quaternary nitrogens is 1. The van der Waals surface area contributed by atoms with Crippen molar-refractivity contribution in [2.75, 3.05) is 20.1 Å². The van der Waals surface area contributed by atoms with E-state index in [4.69, 9.17) is 5.73 Å². The number of carbonyl (C=O) groups is 1. The Kier molecular flexibility index (Phi) is 4.64. The normalized spacial score (nSPS) is 24.8. The second-order valence-electron chi connectivity index (χ2n) is 6.60. The predicted octanol–water partition coefficient (Wildman–Crippen LogP) is 0.552. The quantitative estimate of drug-likeness (QED) is 0.829. The summed E-state index contributed by atoms with van der Waals surface area (Å²) in [6, 6.07) is 4.84. The summed E-state index contributed by atoms with van der Waals surface area (Å²) in [5.74, 6) is 0.139. The first kappa shape index (κ1) is 17.6. The van der Waals surface area contributed by atoms with Crippen molar-refractivity contribution in [2.45, 2.75) is 31.9 Å². The van der Waals surface area contributed by atoms with Gasteiger partial charge in [0.1, 0.15) is 5.75 Å². The minimum atomic E-state index is -2.89. The number of alkyl halides is 2. The summed E-state index contributed by atoms with van der Waals surface area (Å²) < 4.78 is 29.5. The molecule has 0 spiro atoms. The van der Waals surface area contributed by atoms with Gasteiger partial charge in [-0.2, -0.15) is 8.78 Å². The molecule has 2 heterocycles. The van der Waals surface area contributed by atoms with Crippen LogP contribution in [0.2, 0.25) is 0 Å². The molecule has 1 aromatic rings. The minimum absolute atomic E-state index is 0.0229. The number of halogens is 2. The molecule has 1 aromatic carbocycles. The Labute approximate surface area is 145 Å². The molecule has 3 rings (SSSR count). The number of guanidine groups is 1. The van der Waals surface area contributed by atoms with Crippen molar-refractivity contribution in [3.63, 3.8) is 0 Å². The smallest absolute Gasteiger partial charge is 0.387 e. The molecule has 6 nitrogen and oxygen atoms in total. The number of hydrogen-bond acceptors (Lipinski definition) is 4. The topological polar surface area (TPSA) is 84.5 Å². The molecule has 0 bridgehead atoms. The summed E-state index contributed by atoms with van der Waals surface area (Å²) >= 11 is 0. The van der Waals surface area contributed by atoms with Crippen LogP contribution in [-0.4, -0.2) is 43.5 Å². The average molecular weight is 353 g/mol. The Morgan fingerprint density at radius 1 is 1.40 bits per heavy atom. The number of aryl methyl sites for hydroxylation is 1. The highest BCUT2D eigenvalue weighted by Gasteiger charge is 2.53. The standard InChI is InChI=1S/C17H22F2N4O2/c1-10-9-12(3-4-13(10)25-15(18)19)17(11-5-7-21-8-6-11)14(24)23(2)16(20)22-17/h3-4,9,11,15,21H,5-8H2,1-2H3,(H2,20,22)/p+1. The first-order valence-electron chi connectivity index (χ1n) is 8.37. The lowest BCUT2D eigenvalue weighted by molar-refractivity contribution is -0.665. The van der Waals surface area contributed by atoms with Crippen LogP contribution in [-0.2, 0) is 10.3 Å². The third-order valence-electron chi connectivity index (χ3n) is 5.13. The Bertz CT molecular complexity index is 704. The number of nitrogens with zero attached hydrogens (tertiary/aromatic N) is 2. The Balaban J connectivity index is 2.07. The molecular weight excluding hydrogens is 330 g/mol. The molecule has 1 atom stereocenters. The fourth-order valence-corrected chi connectivity index (χ4v) is 3.81. The van der Waals surface area contributed by atoms with Gasteiger partial charge in [-0.1, -0.05) is 6.07 Å². The van der Waals surface area contributed by atoms with Gasteiger partial charge in [-0.15, -0.1) is 0 Å². The van der Waals surface area contributed by atoms with Gasteiger partial charge in [0.2, 0.25) is 0 Å². The molecule has 25 heavy (non-hydrogen) atoms. The number of piperidine rings is 1. The summed E-state index contributed by atoms with van der Waals surface area (Å²) in [6.07, 6.45) is 1.68. The highest BCUT2D eigenvalue weighted by atomic mass is 19.3.